The minimum absolute atomic E-state index is 0.0358. The molecular weight excluding hydrogens is 228 g/mol. The van der Waals surface area contributed by atoms with E-state index in [1.807, 2.05) is 42.2 Å². The first-order chi connectivity index (χ1) is 8.63. The summed E-state index contributed by atoms with van der Waals surface area (Å²) in [5.74, 6) is 0.160. The van der Waals surface area contributed by atoms with Crippen LogP contribution in [0, 0.1) is 5.92 Å². The first-order valence-corrected chi connectivity index (χ1v) is 6.16. The van der Waals surface area contributed by atoms with Crippen LogP contribution in [-0.2, 0) is 4.79 Å². The lowest BCUT2D eigenvalue weighted by Crippen LogP contribution is -2.29. The second-order valence-electron chi connectivity index (χ2n) is 4.78. The van der Waals surface area contributed by atoms with Gasteiger partial charge < -0.3 is 10.1 Å². The van der Waals surface area contributed by atoms with Crippen molar-refractivity contribution in [2.24, 2.45) is 11.1 Å². The number of nitrogens with zero attached hydrogens (tertiary/aromatic N) is 2. The molecule has 0 bridgehead atoms. The first kappa shape index (κ1) is 12.6. The minimum atomic E-state index is 0.0358. The zero-order valence-electron chi connectivity index (χ0n) is 10.7. The Morgan fingerprint density at radius 1 is 1.44 bits per heavy atom. The Bertz CT molecular complexity index is 456. The molecule has 1 N–H and O–H groups in total. The SMILES string of the molecule is CC(=NO)C1CC(=O)N([C@@H](C)c2ccccc2)C1. The summed E-state index contributed by atoms with van der Waals surface area (Å²) in [7, 11) is 0. The number of rotatable bonds is 3. The third kappa shape index (κ3) is 2.37. The van der Waals surface area contributed by atoms with Gasteiger partial charge in [0.1, 0.15) is 0 Å². The van der Waals surface area contributed by atoms with E-state index in [0.29, 0.717) is 18.7 Å². The van der Waals surface area contributed by atoms with Crippen LogP contribution < -0.4 is 0 Å². The highest BCUT2D eigenvalue weighted by atomic mass is 16.4. The summed E-state index contributed by atoms with van der Waals surface area (Å²) in [4.78, 5) is 13.9. The number of oxime groups is 1. The van der Waals surface area contributed by atoms with Gasteiger partial charge in [-0.25, -0.2) is 0 Å². The number of hydrogen-bond acceptors (Lipinski definition) is 3. The van der Waals surface area contributed by atoms with Crippen LogP contribution in [0.2, 0.25) is 0 Å². The van der Waals surface area contributed by atoms with Crippen LogP contribution in [0.25, 0.3) is 0 Å². The molecule has 0 radical (unpaired) electrons. The lowest BCUT2D eigenvalue weighted by Gasteiger charge is -2.25. The van der Waals surface area contributed by atoms with Crippen LogP contribution in [0.15, 0.2) is 35.5 Å². The molecule has 0 saturated carbocycles. The molecule has 4 heteroatoms. The molecule has 1 aromatic rings. The van der Waals surface area contributed by atoms with Crippen LogP contribution in [0.3, 0.4) is 0 Å². The van der Waals surface area contributed by atoms with Crippen LogP contribution >= 0.6 is 0 Å². The predicted molar refractivity (Wildman–Crippen MR) is 69.6 cm³/mol. The molecule has 0 spiro atoms. The molecule has 1 aliphatic rings. The lowest BCUT2D eigenvalue weighted by atomic mass is 10.0. The normalized spacial score (nSPS) is 22.3. The summed E-state index contributed by atoms with van der Waals surface area (Å²) in [6, 6.07) is 10.0. The molecule has 0 aliphatic carbocycles. The Kier molecular flexibility index (Phi) is 3.65. The Morgan fingerprint density at radius 2 is 2.11 bits per heavy atom. The van der Waals surface area contributed by atoms with Gasteiger partial charge in [-0.3, -0.25) is 4.79 Å². The summed E-state index contributed by atoms with van der Waals surface area (Å²) in [5.41, 5.74) is 1.76. The largest absolute Gasteiger partial charge is 0.411 e. The number of hydrogen-bond donors (Lipinski definition) is 1. The Morgan fingerprint density at radius 3 is 2.72 bits per heavy atom. The second kappa shape index (κ2) is 5.21. The average molecular weight is 246 g/mol. The summed E-state index contributed by atoms with van der Waals surface area (Å²) in [5, 5.41) is 12.0. The van der Waals surface area contributed by atoms with Gasteiger partial charge in [-0.2, -0.15) is 0 Å². The molecule has 0 aromatic heterocycles. The number of amides is 1. The maximum atomic E-state index is 12.0. The maximum Gasteiger partial charge on any atom is 0.223 e. The topological polar surface area (TPSA) is 52.9 Å². The van der Waals surface area contributed by atoms with Gasteiger partial charge in [-0.1, -0.05) is 35.5 Å². The molecule has 1 saturated heterocycles. The molecular formula is C14H18N2O2. The molecule has 96 valence electrons. The summed E-state index contributed by atoms with van der Waals surface area (Å²) in [6.45, 7) is 4.42. The molecule has 18 heavy (non-hydrogen) atoms. The molecule has 1 aliphatic heterocycles. The fraction of sp³-hybridized carbons (Fsp3) is 0.429. The van der Waals surface area contributed by atoms with Crippen molar-refractivity contribution in [1.29, 1.82) is 0 Å². The third-order valence-corrected chi connectivity index (χ3v) is 3.66. The number of likely N-dealkylation sites (tertiary alicyclic amines) is 1. The van der Waals surface area contributed by atoms with Gasteiger partial charge in [0.15, 0.2) is 0 Å². The van der Waals surface area contributed by atoms with Crippen LogP contribution in [0.5, 0.6) is 0 Å². The van der Waals surface area contributed by atoms with Crippen molar-refractivity contribution >= 4 is 11.6 Å². The molecule has 1 fully saturated rings. The van der Waals surface area contributed by atoms with Crippen molar-refractivity contribution in [2.75, 3.05) is 6.54 Å². The van der Waals surface area contributed by atoms with E-state index in [1.54, 1.807) is 6.92 Å². The number of carbonyl (C=O) groups is 1. The molecule has 1 amide bonds. The standard InChI is InChI=1S/C14H18N2O2/c1-10(15-18)13-8-14(17)16(9-13)11(2)12-6-4-3-5-7-12/h3-7,11,13,18H,8-9H2,1-2H3/t11-,13?/m0/s1. The van der Waals surface area contributed by atoms with E-state index in [2.05, 4.69) is 5.16 Å². The van der Waals surface area contributed by atoms with Gasteiger partial charge in [-0.15, -0.1) is 0 Å². The van der Waals surface area contributed by atoms with E-state index < -0.39 is 0 Å². The highest BCUT2D eigenvalue weighted by Gasteiger charge is 2.34. The van der Waals surface area contributed by atoms with Crippen LogP contribution in [0.1, 0.15) is 31.9 Å². The first-order valence-electron chi connectivity index (χ1n) is 6.16. The van der Waals surface area contributed by atoms with Crippen LogP contribution in [-0.4, -0.2) is 28.3 Å². The third-order valence-electron chi connectivity index (χ3n) is 3.66. The molecule has 2 rings (SSSR count). The van der Waals surface area contributed by atoms with E-state index in [0.717, 1.165) is 5.56 Å². The highest BCUT2D eigenvalue weighted by molar-refractivity contribution is 5.92. The smallest absolute Gasteiger partial charge is 0.223 e. The van der Waals surface area contributed by atoms with Crippen molar-refractivity contribution in [3.8, 4) is 0 Å². The van der Waals surface area contributed by atoms with Crippen molar-refractivity contribution in [3.63, 3.8) is 0 Å². The maximum absolute atomic E-state index is 12.0. The lowest BCUT2D eigenvalue weighted by molar-refractivity contribution is -0.129. The van der Waals surface area contributed by atoms with Crippen molar-refractivity contribution < 1.29 is 10.0 Å². The van der Waals surface area contributed by atoms with E-state index in [-0.39, 0.29) is 17.9 Å². The number of benzene rings is 1. The highest BCUT2D eigenvalue weighted by Crippen LogP contribution is 2.28. The Hall–Kier alpha value is -1.84. The van der Waals surface area contributed by atoms with E-state index in [4.69, 9.17) is 5.21 Å². The van der Waals surface area contributed by atoms with Gasteiger partial charge in [0.25, 0.3) is 0 Å². The second-order valence-corrected chi connectivity index (χ2v) is 4.78. The van der Waals surface area contributed by atoms with Crippen LogP contribution in [0.4, 0.5) is 0 Å². The van der Waals surface area contributed by atoms with Crippen molar-refractivity contribution in [2.45, 2.75) is 26.3 Å². The van der Waals surface area contributed by atoms with Gasteiger partial charge >= 0.3 is 0 Å². The molecule has 4 nitrogen and oxygen atoms in total. The number of carbonyl (C=O) groups excluding carboxylic acids is 1. The van der Waals surface area contributed by atoms with E-state index in [1.165, 1.54) is 0 Å². The zero-order chi connectivity index (χ0) is 13.1. The molecule has 1 aromatic carbocycles. The average Bonchev–Trinajstić information content (AvgIpc) is 2.80. The molecule has 2 atom stereocenters. The zero-order valence-corrected chi connectivity index (χ0v) is 10.7. The van der Waals surface area contributed by atoms with Gasteiger partial charge in [0.05, 0.1) is 11.8 Å². The van der Waals surface area contributed by atoms with Crippen molar-refractivity contribution in [1.82, 2.24) is 4.90 Å². The molecule has 1 unspecified atom stereocenters. The Labute approximate surface area is 107 Å². The monoisotopic (exact) mass is 246 g/mol. The Balaban J connectivity index is 2.13. The predicted octanol–water partition coefficient (Wildman–Crippen LogP) is 2.45. The summed E-state index contributed by atoms with van der Waals surface area (Å²) >= 11 is 0. The quantitative estimate of drug-likeness (QED) is 0.506. The fourth-order valence-electron chi connectivity index (χ4n) is 2.38. The summed E-state index contributed by atoms with van der Waals surface area (Å²) in [6.07, 6.45) is 0.438. The molecule has 1 heterocycles. The van der Waals surface area contributed by atoms with E-state index in [9.17, 15) is 4.79 Å². The van der Waals surface area contributed by atoms with Gasteiger partial charge in [-0.05, 0) is 19.4 Å². The van der Waals surface area contributed by atoms with Gasteiger partial charge in [0, 0.05) is 18.9 Å². The van der Waals surface area contributed by atoms with Gasteiger partial charge in [0.2, 0.25) is 5.91 Å². The van der Waals surface area contributed by atoms with E-state index >= 15 is 0 Å². The minimum Gasteiger partial charge on any atom is -0.411 e. The van der Waals surface area contributed by atoms with Crippen molar-refractivity contribution in [3.05, 3.63) is 35.9 Å². The fourth-order valence-corrected chi connectivity index (χ4v) is 2.38. The summed E-state index contributed by atoms with van der Waals surface area (Å²) < 4.78 is 0.